The van der Waals surface area contributed by atoms with Crippen molar-refractivity contribution in [1.29, 1.82) is 0 Å². The lowest BCUT2D eigenvalue weighted by atomic mass is 10.2. The molecule has 0 rings (SSSR count). The number of allylic oxidation sites excluding steroid dienone is 1. The number of ether oxygens (including phenoxy) is 2. The maximum atomic E-state index is 5.58. The number of hydrogen-bond donors (Lipinski definition) is 0. The molecule has 0 bridgehead atoms. The van der Waals surface area contributed by atoms with Crippen LogP contribution in [-0.2, 0) is 13.9 Å². The molecule has 14 heavy (non-hydrogen) atoms. The maximum absolute atomic E-state index is 5.58. The zero-order valence-electron chi connectivity index (χ0n) is 9.33. The van der Waals surface area contributed by atoms with Crippen molar-refractivity contribution in [3.05, 3.63) is 12.7 Å². The van der Waals surface area contributed by atoms with Crippen molar-refractivity contribution in [2.45, 2.75) is 31.6 Å². The van der Waals surface area contributed by atoms with E-state index in [4.69, 9.17) is 13.9 Å². The van der Waals surface area contributed by atoms with E-state index in [1.54, 1.807) is 14.2 Å². The van der Waals surface area contributed by atoms with Gasteiger partial charge in [0, 0.05) is 14.2 Å². The van der Waals surface area contributed by atoms with Gasteiger partial charge in [-0.3, -0.25) is 0 Å². The Morgan fingerprint density at radius 2 is 2.14 bits per heavy atom. The van der Waals surface area contributed by atoms with Crippen LogP contribution in [0.1, 0.15) is 19.3 Å². The standard InChI is InChI=1S/C10H22O3Si/c1-4-5-6-7-8-14-13-10(12-3)9-11-2/h4,10H,1,5-9,14H2,2-3H3. The van der Waals surface area contributed by atoms with Crippen LogP contribution in [0.3, 0.4) is 0 Å². The Labute approximate surface area is 89.4 Å². The Balaban J connectivity index is 3.19. The van der Waals surface area contributed by atoms with Gasteiger partial charge in [0.2, 0.25) is 0 Å². The van der Waals surface area contributed by atoms with Gasteiger partial charge in [-0.25, -0.2) is 0 Å². The Hall–Kier alpha value is -0.163. The zero-order valence-corrected chi connectivity index (χ0v) is 10.7. The molecule has 0 aromatic heterocycles. The predicted molar refractivity (Wildman–Crippen MR) is 61.2 cm³/mol. The van der Waals surface area contributed by atoms with E-state index < -0.39 is 9.76 Å². The molecule has 0 amide bonds. The van der Waals surface area contributed by atoms with Crippen LogP contribution in [0, 0.1) is 0 Å². The first kappa shape index (κ1) is 13.8. The third-order valence-electron chi connectivity index (χ3n) is 1.92. The summed E-state index contributed by atoms with van der Waals surface area (Å²) in [6.45, 7) is 4.21. The summed E-state index contributed by atoms with van der Waals surface area (Å²) in [6, 6.07) is 1.21. The van der Waals surface area contributed by atoms with Crippen molar-refractivity contribution in [2.75, 3.05) is 20.8 Å². The molecule has 0 aliphatic carbocycles. The van der Waals surface area contributed by atoms with Crippen molar-refractivity contribution in [3.8, 4) is 0 Å². The second-order valence-electron chi connectivity index (χ2n) is 3.13. The van der Waals surface area contributed by atoms with Gasteiger partial charge in [0.05, 0.1) is 6.61 Å². The predicted octanol–water partition coefficient (Wildman–Crippen LogP) is 1.48. The second kappa shape index (κ2) is 10.9. The topological polar surface area (TPSA) is 27.7 Å². The Kier molecular flexibility index (Phi) is 10.8. The van der Waals surface area contributed by atoms with E-state index >= 15 is 0 Å². The van der Waals surface area contributed by atoms with Gasteiger partial charge in [-0.05, 0) is 12.5 Å². The molecule has 0 fully saturated rings. The molecule has 0 aromatic carbocycles. The lowest BCUT2D eigenvalue weighted by Gasteiger charge is -2.15. The fourth-order valence-electron chi connectivity index (χ4n) is 1.10. The van der Waals surface area contributed by atoms with E-state index in [2.05, 4.69) is 6.58 Å². The fourth-order valence-corrected chi connectivity index (χ4v) is 2.32. The number of rotatable bonds is 10. The molecule has 4 heteroatoms. The van der Waals surface area contributed by atoms with Crippen LogP contribution in [0.25, 0.3) is 0 Å². The Bertz CT molecular complexity index is 131. The summed E-state index contributed by atoms with van der Waals surface area (Å²) in [6.07, 6.45) is 5.38. The summed E-state index contributed by atoms with van der Waals surface area (Å²) in [5, 5.41) is 0. The Morgan fingerprint density at radius 1 is 1.36 bits per heavy atom. The summed E-state index contributed by atoms with van der Waals surface area (Å²) in [5.41, 5.74) is 0. The third kappa shape index (κ3) is 8.44. The van der Waals surface area contributed by atoms with Crippen LogP contribution in [0.2, 0.25) is 6.04 Å². The summed E-state index contributed by atoms with van der Waals surface area (Å²) in [7, 11) is 2.87. The molecule has 0 heterocycles. The second-order valence-corrected chi connectivity index (χ2v) is 4.58. The zero-order chi connectivity index (χ0) is 10.6. The molecule has 0 N–H and O–H groups in total. The summed E-state index contributed by atoms with van der Waals surface area (Å²) in [5.74, 6) is 0. The van der Waals surface area contributed by atoms with E-state index in [9.17, 15) is 0 Å². The molecular weight excluding hydrogens is 196 g/mol. The molecule has 0 aliphatic rings. The largest absolute Gasteiger partial charge is 0.398 e. The molecule has 1 unspecified atom stereocenters. The highest BCUT2D eigenvalue weighted by Crippen LogP contribution is 2.02. The van der Waals surface area contributed by atoms with E-state index in [0.29, 0.717) is 6.61 Å². The van der Waals surface area contributed by atoms with Crippen LogP contribution in [0.4, 0.5) is 0 Å². The first-order valence-electron chi connectivity index (χ1n) is 5.09. The van der Waals surface area contributed by atoms with Crippen LogP contribution >= 0.6 is 0 Å². The molecule has 0 aromatic rings. The van der Waals surface area contributed by atoms with Gasteiger partial charge in [-0.2, -0.15) is 0 Å². The van der Waals surface area contributed by atoms with Crippen LogP contribution in [-0.4, -0.2) is 36.9 Å². The molecule has 0 spiro atoms. The SMILES string of the molecule is C=CCCCC[SiH2]OC(COC)OC. The normalized spacial score (nSPS) is 13.6. The highest BCUT2D eigenvalue weighted by molar-refractivity contribution is 6.27. The smallest absolute Gasteiger partial charge is 0.170 e. The molecule has 0 aliphatic heterocycles. The monoisotopic (exact) mass is 218 g/mol. The highest BCUT2D eigenvalue weighted by Gasteiger charge is 2.05. The van der Waals surface area contributed by atoms with Gasteiger partial charge in [-0.1, -0.05) is 18.9 Å². The van der Waals surface area contributed by atoms with E-state index in [1.165, 1.54) is 18.9 Å². The van der Waals surface area contributed by atoms with Crippen molar-refractivity contribution in [1.82, 2.24) is 0 Å². The minimum Gasteiger partial charge on any atom is -0.398 e. The van der Waals surface area contributed by atoms with Gasteiger partial charge >= 0.3 is 0 Å². The lowest BCUT2D eigenvalue weighted by molar-refractivity contribution is -0.0928. The van der Waals surface area contributed by atoms with Crippen molar-refractivity contribution in [2.24, 2.45) is 0 Å². The minimum atomic E-state index is -0.435. The Morgan fingerprint density at radius 3 is 2.71 bits per heavy atom. The van der Waals surface area contributed by atoms with E-state index in [1.807, 2.05) is 6.08 Å². The van der Waals surface area contributed by atoms with Gasteiger partial charge < -0.3 is 13.9 Å². The summed E-state index contributed by atoms with van der Waals surface area (Å²) >= 11 is 0. The molecule has 0 saturated heterocycles. The third-order valence-corrected chi connectivity index (χ3v) is 3.32. The lowest BCUT2D eigenvalue weighted by Crippen LogP contribution is -2.22. The quantitative estimate of drug-likeness (QED) is 0.241. The van der Waals surface area contributed by atoms with Gasteiger partial charge in [0.15, 0.2) is 16.1 Å². The van der Waals surface area contributed by atoms with Gasteiger partial charge in [0.25, 0.3) is 0 Å². The first-order valence-corrected chi connectivity index (χ1v) is 6.67. The molecule has 1 atom stereocenters. The van der Waals surface area contributed by atoms with Gasteiger partial charge in [0.1, 0.15) is 0 Å². The average molecular weight is 218 g/mol. The molecule has 84 valence electrons. The molecule has 0 radical (unpaired) electrons. The number of hydrogen-bond acceptors (Lipinski definition) is 3. The molecule has 0 saturated carbocycles. The van der Waals surface area contributed by atoms with E-state index in [0.717, 1.165) is 6.42 Å². The minimum absolute atomic E-state index is 0.161. The molecule has 3 nitrogen and oxygen atoms in total. The number of methoxy groups -OCH3 is 2. The average Bonchev–Trinajstić information content (AvgIpc) is 2.21. The highest BCUT2D eigenvalue weighted by atomic mass is 28.2. The van der Waals surface area contributed by atoms with Crippen molar-refractivity contribution in [3.63, 3.8) is 0 Å². The van der Waals surface area contributed by atoms with Crippen LogP contribution < -0.4 is 0 Å². The van der Waals surface area contributed by atoms with Crippen LogP contribution in [0.5, 0.6) is 0 Å². The van der Waals surface area contributed by atoms with Gasteiger partial charge in [-0.15, -0.1) is 6.58 Å². The first-order chi connectivity index (χ1) is 6.85. The molecular formula is C10H22O3Si. The maximum Gasteiger partial charge on any atom is 0.170 e. The fraction of sp³-hybridized carbons (Fsp3) is 0.800. The summed E-state index contributed by atoms with van der Waals surface area (Å²) in [4.78, 5) is 0. The van der Waals surface area contributed by atoms with Crippen LogP contribution in [0.15, 0.2) is 12.7 Å². The summed E-state index contributed by atoms with van der Waals surface area (Å²) < 4.78 is 15.6. The van der Waals surface area contributed by atoms with Crippen molar-refractivity contribution >= 4 is 9.76 Å². The van der Waals surface area contributed by atoms with Crippen molar-refractivity contribution < 1.29 is 13.9 Å². The number of unbranched alkanes of at least 4 members (excludes halogenated alkanes) is 2. The van der Waals surface area contributed by atoms with E-state index in [-0.39, 0.29) is 6.29 Å².